The van der Waals surface area contributed by atoms with Crippen LogP contribution in [0.3, 0.4) is 0 Å². The SMILES string of the molecule is COc1cc(NC(=O)c2cc3c(C)cc(C)cc3[nH]2)cc(OC)c1. The maximum Gasteiger partial charge on any atom is 0.272 e. The van der Waals surface area contributed by atoms with Crippen molar-refractivity contribution in [1.82, 2.24) is 4.98 Å². The lowest BCUT2D eigenvalue weighted by Gasteiger charge is -2.09. The fraction of sp³-hybridized carbons (Fsp3) is 0.211. The Morgan fingerprint density at radius 2 is 1.62 bits per heavy atom. The van der Waals surface area contributed by atoms with E-state index in [4.69, 9.17) is 9.47 Å². The molecule has 0 aliphatic rings. The third-order valence-electron chi connectivity index (χ3n) is 3.94. The van der Waals surface area contributed by atoms with Crippen LogP contribution in [0.15, 0.2) is 36.4 Å². The van der Waals surface area contributed by atoms with Crippen LogP contribution in [0.4, 0.5) is 5.69 Å². The first-order valence-corrected chi connectivity index (χ1v) is 7.64. The Morgan fingerprint density at radius 3 is 2.25 bits per heavy atom. The van der Waals surface area contributed by atoms with Crippen LogP contribution in [-0.2, 0) is 0 Å². The van der Waals surface area contributed by atoms with Crippen LogP contribution in [0.5, 0.6) is 11.5 Å². The smallest absolute Gasteiger partial charge is 0.272 e. The van der Waals surface area contributed by atoms with Crippen LogP contribution in [0.25, 0.3) is 10.9 Å². The lowest BCUT2D eigenvalue weighted by molar-refractivity contribution is 0.102. The minimum atomic E-state index is -0.210. The van der Waals surface area contributed by atoms with Crippen molar-refractivity contribution in [3.63, 3.8) is 0 Å². The molecule has 0 unspecified atom stereocenters. The molecule has 0 aliphatic heterocycles. The van der Waals surface area contributed by atoms with E-state index in [1.54, 1.807) is 32.4 Å². The molecule has 24 heavy (non-hydrogen) atoms. The fourth-order valence-electron chi connectivity index (χ4n) is 2.80. The summed E-state index contributed by atoms with van der Waals surface area (Å²) in [6, 6.07) is 11.3. The van der Waals surface area contributed by atoms with E-state index in [0.717, 1.165) is 22.0 Å². The van der Waals surface area contributed by atoms with Crippen molar-refractivity contribution in [2.45, 2.75) is 13.8 Å². The Hall–Kier alpha value is -2.95. The number of amides is 1. The third kappa shape index (κ3) is 3.06. The van der Waals surface area contributed by atoms with Gasteiger partial charge in [0.2, 0.25) is 0 Å². The lowest BCUT2D eigenvalue weighted by Crippen LogP contribution is -2.12. The quantitative estimate of drug-likeness (QED) is 0.761. The number of H-pyrrole nitrogens is 1. The molecular formula is C19H20N2O3. The first-order chi connectivity index (χ1) is 11.5. The van der Waals surface area contributed by atoms with E-state index >= 15 is 0 Å². The molecule has 0 saturated heterocycles. The number of aryl methyl sites for hydroxylation is 2. The number of anilines is 1. The van der Waals surface area contributed by atoms with Gasteiger partial charge in [-0.25, -0.2) is 0 Å². The highest BCUT2D eigenvalue weighted by atomic mass is 16.5. The predicted molar refractivity (Wildman–Crippen MR) is 95.3 cm³/mol. The van der Waals surface area contributed by atoms with Gasteiger partial charge in [0, 0.05) is 34.8 Å². The summed E-state index contributed by atoms with van der Waals surface area (Å²) in [5.74, 6) is 1.03. The number of fused-ring (bicyclic) bond motifs is 1. The molecule has 0 bridgehead atoms. The molecule has 1 amide bonds. The molecule has 2 aromatic carbocycles. The summed E-state index contributed by atoms with van der Waals surface area (Å²) < 4.78 is 10.4. The highest BCUT2D eigenvalue weighted by molar-refractivity contribution is 6.06. The molecular weight excluding hydrogens is 304 g/mol. The molecule has 1 aromatic heterocycles. The summed E-state index contributed by atoms with van der Waals surface area (Å²) in [5.41, 5.74) is 4.39. The number of methoxy groups -OCH3 is 2. The van der Waals surface area contributed by atoms with Crippen LogP contribution < -0.4 is 14.8 Å². The molecule has 1 heterocycles. The van der Waals surface area contributed by atoms with Crippen LogP contribution >= 0.6 is 0 Å². The second-order valence-electron chi connectivity index (χ2n) is 5.78. The molecule has 3 aromatic rings. The Labute approximate surface area is 140 Å². The summed E-state index contributed by atoms with van der Waals surface area (Å²) >= 11 is 0. The molecule has 0 atom stereocenters. The average Bonchev–Trinajstić information content (AvgIpc) is 2.98. The molecule has 0 spiro atoms. The summed E-state index contributed by atoms with van der Waals surface area (Å²) in [6.07, 6.45) is 0. The van der Waals surface area contributed by atoms with E-state index in [0.29, 0.717) is 22.9 Å². The third-order valence-corrected chi connectivity index (χ3v) is 3.94. The molecule has 2 N–H and O–H groups in total. The maximum atomic E-state index is 12.6. The molecule has 0 fully saturated rings. The van der Waals surface area contributed by atoms with E-state index < -0.39 is 0 Å². The number of rotatable bonds is 4. The second kappa shape index (κ2) is 6.28. The Balaban J connectivity index is 1.91. The number of aromatic amines is 1. The topological polar surface area (TPSA) is 63.3 Å². The normalized spacial score (nSPS) is 10.7. The number of carbonyl (C=O) groups is 1. The minimum Gasteiger partial charge on any atom is -0.497 e. The van der Waals surface area contributed by atoms with Crippen molar-refractivity contribution >= 4 is 22.5 Å². The predicted octanol–water partition coefficient (Wildman–Crippen LogP) is 4.05. The molecule has 5 heteroatoms. The van der Waals surface area contributed by atoms with Gasteiger partial charge in [-0.2, -0.15) is 0 Å². The van der Waals surface area contributed by atoms with Crippen molar-refractivity contribution < 1.29 is 14.3 Å². The van der Waals surface area contributed by atoms with Crippen molar-refractivity contribution in [2.24, 2.45) is 0 Å². The van der Waals surface area contributed by atoms with Crippen LogP contribution in [0.1, 0.15) is 21.6 Å². The van der Waals surface area contributed by atoms with Gasteiger partial charge in [-0.05, 0) is 37.1 Å². The monoisotopic (exact) mass is 324 g/mol. The van der Waals surface area contributed by atoms with Crippen LogP contribution in [0, 0.1) is 13.8 Å². The van der Waals surface area contributed by atoms with Gasteiger partial charge in [0.15, 0.2) is 0 Å². The van der Waals surface area contributed by atoms with Gasteiger partial charge in [-0.3, -0.25) is 4.79 Å². The van der Waals surface area contributed by atoms with Crippen LogP contribution in [-0.4, -0.2) is 25.1 Å². The van der Waals surface area contributed by atoms with Gasteiger partial charge in [-0.1, -0.05) is 6.07 Å². The standard InChI is InChI=1S/C19H20N2O3/c1-11-5-12(2)16-10-18(21-17(16)6-11)19(22)20-13-7-14(23-3)9-15(8-13)24-4/h5-10,21H,1-4H3,(H,20,22). The Kier molecular flexibility index (Phi) is 4.16. The van der Waals surface area contributed by atoms with Gasteiger partial charge in [0.1, 0.15) is 17.2 Å². The van der Waals surface area contributed by atoms with Crippen molar-refractivity contribution in [2.75, 3.05) is 19.5 Å². The van der Waals surface area contributed by atoms with Gasteiger partial charge in [0.25, 0.3) is 5.91 Å². The van der Waals surface area contributed by atoms with Crippen molar-refractivity contribution in [3.05, 3.63) is 53.2 Å². The molecule has 5 nitrogen and oxygen atoms in total. The van der Waals surface area contributed by atoms with E-state index in [9.17, 15) is 4.79 Å². The van der Waals surface area contributed by atoms with Gasteiger partial charge >= 0.3 is 0 Å². The Bertz CT molecular complexity index is 890. The number of aromatic nitrogens is 1. The number of benzene rings is 2. The lowest BCUT2D eigenvalue weighted by atomic mass is 10.1. The summed E-state index contributed by atoms with van der Waals surface area (Å²) in [7, 11) is 3.15. The highest BCUT2D eigenvalue weighted by Gasteiger charge is 2.12. The van der Waals surface area contributed by atoms with Crippen molar-refractivity contribution in [3.8, 4) is 11.5 Å². The number of hydrogen-bond acceptors (Lipinski definition) is 3. The largest absolute Gasteiger partial charge is 0.497 e. The molecule has 124 valence electrons. The molecule has 0 radical (unpaired) electrons. The number of carbonyl (C=O) groups excluding carboxylic acids is 1. The zero-order valence-corrected chi connectivity index (χ0v) is 14.2. The van der Waals surface area contributed by atoms with Gasteiger partial charge in [-0.15, -0.1) is 0 Å². The van der Waals surface area contributed by atoms with Gasteiger partial charge in [0.05, 0.1) is 14.2 Å². The van der Waals surface area contributed by atoms with Gasteiger partial charge < -0.3 is 19.8 Å². The molecule has 0 aliphatic carbocycles. The van der Waals surface area contributed by atoms with Crippen molar-refractivity contribution in [1.29, 1.82) is 0 Å². The number of nitrogens with one attached hydrogen (secondary N) is 2. The first kappa shape index (κ1) is 15.9. The summed E-state index contributed by atoms with van der Waals surface area (Å²) in [5, 5.41) is 3.92. The maximum absolute atomic E-state index is 12.6. The second-order valence-corrected chi connectivity index (χ2v) is 5.78. The zero-order chi connectivity index (χ0) is 17.3. The zero-order valence-electron chi connectivity index (χ0n) is 14.2. The van der Waals surface area contributed by atoms with E-state index in [1.807, 2.05) is 26.0 Å². The number of ether oxygens (including phenoxy) is 2. The van der Waals surface area contributed by atoms with E-state index in [-0.39, 0.29) is 5.91 Å². The fourth-order valence-corrected chi connectivity index (χ4v) is 2.80. The Morgan fingerprint density at radius 1 is 0.958 bits per heavy atom. The van der Waals surface area contributed by atoms with E-state index in [2.05, 4.69) is 16.4 Å². The first-order valence-electron chi connectivity index (χ1n) is 7.64. The minimum absolute atomic E-state index is 0.210. The van der Waals surface area contributed by atoms with E-state index in [1.165, 1.54) is 0 Å². The molecule has 3 rings (SSSR count). The average molecular weight is 324 g/mol. The highest BCUT2D eigenvalue weighted by Crippen LogP contribution is 2.27. The number of hydrogen-bond donors (Lipinski definition) is 2. The molecule has 0 saturated carbocycles. The summed E-state index contributed by atoms with van der Waals surface area (Å²) in [4.78, 5) is 15.7. The van der Waals surface area contributed by atoms with Crippen LogP contribution in [0.2, 0.25) is 0 Å². The summed E-state index contributed by atoms with van der Waals surface area (Å²) in [6.45, 7) is 4.08.